The van der Waals surface area contributed by atoms with Gasteiger partial charge in [0.25, 0.3) is 0 Å². The van der Waals surface area contributed by atoms with Gasteiger partial charge in [-0.05, 0) is 36.4 Å². The molecule has 134 valence electrons. The third-order valence-electron chi connectivity index (χ3n) is 3.96. The van der Waals surface area contributed by atoms with Crippen molar-refractivity contribution in [2.45, 2.75) is 6.18 Å². The standard InChI is InChI=1S/C20H12F3N3O/c21-20(22,23)15-4-5-16(14-2-1-8-24-11-14)18(10-15)27-19-6-3-13-7-9-25-12-17(13)26-19/h1-12H. The maximum Gasteiger partial charge on any atom is 0.416 e. The molecule has 0 aliphatic carbocycles. The summed E-state index contributed by atoms with van der Waals surface area (Å²) in [5, 5.41) is 0.855. The Labute approximate surface area is 152 Å². The lowest BCUT2D eigenvalue weighted by molar-refractivity contribution is -0.137. The summed E-state index contributed by atoms with van der Waals surface area (Å²) >= 11 is 0. The number of pyridine rings is 3. The predicted octanol–water partition coefficient (Wildman–Crippen LogP) is 5.50. The van der Waals surface area contributed by atoms with Gasteiger partial charge in [0.05, 0.1) is 17.3 Å². The van der Waals surface area contributed by atoms with Crippen molar-refractivity contribution in [1.82, 2.24) is 15.0 Å². The maximum atomic E-state index is 13.2. The molecule has 0 atom stereocenters. The monoisotopic (exact) mass is 367 g/mol. The molecule has 0 N–H and O–H groups in total. The van der Waals surface area contributed by atoms with Crippen molar-refractivity contribution in [3.8, 4) is 22.8 Å². The van der Waals surface area contributed by atoms with Gasteiger partial charge in [-0.1, -0.05) is 6.07 Å². The van der Waals surface area contributed by atoms with Crippen LogP contribution in [0.15, 0.2) is 73.3 Å². The van der Waals surface area contributed by atoms with E-state index in [4.69, 9.17) is 4.74 Å². The fraction of sp³-hybridized carbons (Fsp3) is 0.0500. The summed E-state index contributed by atoms with van der Waals surface area (Å²) < 4.78 is 45.2. The highest BCUT2D eigenvalue weighted by Gasteiger charge is 2.31. The normalized spacial score (nSPS) is 11.5. The zero-order chi connectivity index (χ0) is 18.9. The molecular formula is C20H12F3N3O. The van der Waals surface area contributed by atoms with Crippen molar-refractivity contribution < 1.29 is 17.9 Å². The van der Waals surface area contributed by atoms with Crippen molar-refractivity contribution >= 4 is 10.9 Å². The molecule has 0 amide bonds. The van der Waals surface area contributed by atoms with Crippen molar-refractivity contribution in [2.75, 3.05) is 0 Å². The molecule has 0 radical (unpaired) electrons. The first-order valence-corrected chi connectivity index (χ1v) is 8.01. The topological polar surface area (TPSA) is 47.9 Å². The Kier molecular flexibility index (Phi) is 4.19. The fourth-order valence-electron chi connectivity index (χ4n) is 2.66. The fourth-order valence-corrected chi connectivity index (χ4v) is 2.66. The third kappa shape index (κ3) is 3.57. The second-order valence-electron chi connectivity index (χ2n) is 5.77. The Balaban J connectivity index is 1.80. The molecule has 0 spiro atoms. The molecule has 0 bridgehead atoms. The Morgan fingerprint density at radius 2 is 1.70 bits per heavy atom. The predicted molar refractivity (Wildman–Crippen MR) is 94.3 cm³/mol. The molecule has 0 saturated heterocycles. The lowest BCUT2D eigenvalue weighted by Crippen LogP contribution is -2.05. The Morgan fingerprint density at radius 1 is 0.852 bits per heavy atom. The van der Waals surface area contributed by atoms with Crippen molar-refractivity contribution in [1.29, 1.82) is 0 Å². The van der Waals surface area contributed by atoms with Gasteiger partial charge in [-0.15, -0.1) is 0 Å². The van der Waals surface area contributed by atoms with Gasteiger partial charge >= 0.3 is 6.18 Å². The van der Waals surface area contributed by atoms with Crippen molar-refractivity contribution in [3.63, 3.8) is 0 Å². The molecule has 4 rings (SSSR count). The average molecular weight is 367 g/mol. The number of hydrogen-bond acceptors (Lipinski definition) is 4. The first kappa shape index (κ1) is 17.0. The number of hydrogen-bond donors (Lipinski definition) is 0. The van der Waals surface area contributed by atoms with Crippen molar-refractivity contribution in [2.24, 2.45) is 0 Å². The summed E-state index contributed by atoms with van der Waals surface area (Å²) in [6, 6.07) is 12.0. The highest BCUT2D eigenvalue weighted by atomic mass is 19.4. The Bertz CT molecular complexity index is 1100. The molecule has 0 saturated carbocycles. The van der Waals surface area contributed by atoms with Gasteiger partial charge in [0.1, 0.15) is 5.75 Å². The number of ether oxygens (including phenoxy) is 1. The van der Waals surface area contributed by atoms with Crippen LogP contribution in [0.1, 0.15) is 5.56 Å². The molecule has 4 nitrogen and oxygen atoms in total. The largest absolute Gasteiger partial charge is 0.438 e. The second-order valence-corrected chi connectivity index (χ2v) is 5.77. The van der Waals surface area contributed by atoms with E-state index in [0.717, 1.165) is 17.5 Å². The summed E-state index contributed by atoms with van der Waals surface area (Å²) in [4.78, 5) is 12.3. The van der Waals surface area contributed by atoms with Crippen LogP contribution in [0.4, 0.5) is 13.2 Å². The van der Waals surface area contributed by atoms with E-state index in [9.17, 15) is 13.2 Å². The average Bonchev–Trinajstić information content (AvgIpc) is 2.68. The minimum atomic E-state index is -4.48. The number of fused-ring (bicyclic) bond motifs is 1. The van der Waals surface area contributed by atoms with Gasteiger partial charge < -0.3 is 4.74 Å². The van der Waals surface area contributed by atoms with Gasteiger partial charge in [0.2, 0.25) is 5.88 Å². The van der Waals surface area contributed by atoms with Crippen LogP contribution in [-0.2, 0) is 6.18 Å². The molecule has 0 fully saturated rings. The van der Waals surface area contributed by atoms with Gasteiger partial charge in [-0.25, -0.2) is 4.98 Å². The second kappa shape index (κ2) is 6.68. The van der Waals surface area contributed by atoms with E-state index in [1.807, 2.05) is 0 Å². The molecule has 3 aromatic heterocycles. The molecular weight excluding hydrogens is 355 g/mol. The summed E-state index contributed by atoms with van der Waals surface area (Å²) in [6.45, 7) is 0. The van der Waals surface area contributed by atoms with E-state index in [2.05, 4.69) is 15.0 Å². The lowest BCUT2D eigenvalue weighted by atomic mass is 10.0. The molecule has 7 heteroatoms. The number of benzene rings is 1. The lowest BCUT2D eigenvalue weighted by Gasteiger charge is -2.14. The molecule has 1 aromatic carbocycles. The summed E-state index contributed by atoms with van der Waals surface area (Å²) in [5.74, 6) is 0.230. The van der Waals surface area contributed by atoms with Crippen LogP contribution >= 0.6 is 0 Å². The van der Waals surface area contributed by atoms with E-state index in [1.165, 1.54) is 6.07 Å². The van der Waals surface area contributed by atoms with Crippen LogP contribution in [0.5, 0.6) is 11.6 Å². The van der Waals surface area contributed by atoms with E-state index in [1.54, 1.807) is 55.1 Å². The Hall–Kier alpha value is -3.48. The van der Waals surface area contributed by atoms with Crippen LogP contribution in [-0.4, -0.2) is 15.0 Å². The van der Waals surface area contributed by atoms with Gasteiger partial charge in [0, 0.05) is 41.2 Å². The molecule has 3 heterocycles. The van der Waals surface area contributed by atoms with E-state index >= 15 is 0 Å². The molecule has 0 aliphatic rings. The highest BCUT2D eigenvalue weighted by Crippen LogP contribution is 2.38. The minimum absolute atomic E-state index is 0.0496. The van der Waals surface area contributed by atoms with Gasteiger partial charge in [0.15, 0.2) is 0 Å². The van der Waals surface area contributed by atoms with Crippen molar-refractivity contribution in [3.05, 3.63) is 78.9 Å². The third-order valence-corrected chi connectivity index (χ3v) is 3.96. The Morgan fingerprint density at radius 3 is 2.48 bits per heavy atom. The molecule has 0 unspecified atom stereocenters. The quantitative estimate of drug-likeness (QED) is 0.479. The first-order valence-electron chi connectivity index (χ1n) is 8.01. The number of alkyl halides is 3. The summed E-state index contributed by atoms with van der Waals surface area (Å²) in [6.07, 6.45) is 1.87. The van der Waals surface area contributed by atoms with Crippen LogP contribution in [0.25, 0.3) is 22.0 Å². The number of aromatic nitrogens is 3. The highest BCUT2D eigenvalue weighted by molar-refractivity contribution is 5.78. The van der Waals surface area contributed by atoms with Crippen LogP contribution in [0.3, 0.4) is 0 Å². The molecule has 0 aliphatic heterocycles. The number of halogens is 3. The maximum absolute atomic E-state index is 13.2. The van der Waals surface area contributed by atoms with Crippen LogP contribution in [0, 0.1) is 0 Å². The molecule has 27 heavy (non-hydrogen) atoms. The van der Waals surface area contributed by atoms with E-state index in [0.29, 0.717) is 16.6 Å². The zero-order valence-corrected chi connectivity index (χ0v) is 13.8. The zero-order valence-electron chi connectivity index (χ0n) is 13.8. The molecule has 4 aromatic rings. The van der Waals surface area contributed by atoms with Crippen LogP contribution < -0.4 is 4.74 Å². The number of rotatable bonds is 3. The minimum Gasteiger partial charge on any atom is -0.438 e. The van der Waals surface area contributed by atoms with Crippen LogP contribution in [0.2, 0.25) is 0 Å². The van der Waals surface area contributed by atoms with E-state index < -0.39 is 11.7 Å². The van der Waals surface area contributed by atoms with Gasteiger partial charge in [-0.2, -0.15) is 13.2 Å². The number of nitrogens with zero attached hydrogens (tertiary/aromatic N) is 3. The van der Waals surface area contributed by atoms with Gasteiger partial charge in [-0.3, -0.25) is 9.97 Å². The van der Waals surface area contributed by atoms with E-state index in [-0.39, 0.29) is 11.6 Å². The SMILES string of the molecule is FC(F)(F)c1ccc(-c2cccnc2)c(Oc2ccc3ccncc3n2)c1. The smallest absolute Gasteiger partial charge is 0.416 e. The summed E-state index contributed by atoms with van der Waals surface area (Å²) in [7, 11) is 0. The first-order chi connectivity index (χ1) is 13.0. The summed E-state index contributed by atoms with van der Waals surface area (Å²) in [5.41, 5.74) is 0.922.